The summed E-state index contributed by atoms with van der Waals surface area (Å²) in [5.41, 5.74) is 2.31. The van der Waals surface area contributed by atoms with Gasteiger partial charge < -0.3 is 4.98 Å². The summed E-state index contributed by atoms with van der Waals surface area (Å²) in [5, 5.41) is 1.58. The fourth-order valence-corrected chi connectivity index (χ4v) is 4.99. The zero-order chi connectivity index (χ0) is 17.4. The van der Waals surface area contributed by atoms with Gasteiger partial charge in [-0.05, 0) is 49.9 Å². The van der Waals surface area contributed by atoms with Crippen LogP contribution in [0.25, 0.3) is 10.2 Å². The van der Waals surface area contributed by atoms with Gasteiger partial charge in [0.2, 0.25) is 0 Å². The Labute approximate surface area is 155 Å². The van der Waals surface area contributed by atoms with E-state index in [0.717, 1.165) is 33.6 Å². The van der Waals surface area contributed by atoms with E-state index in [1.165, 1.54) is 23.3 Å². The number of rotatable bonds is 4. The Kier molecular flexibility index (Phi) is 4.63. The van der Waals surface area contributed by atoms with Gasteiger partial charge in [0.1, 0.15) is 10.7 Å². The molecule has 0 bridgehead atoms. The third kappa shape index (κ3) is 3.36. The van der Waals surface area contributed by atoms with Gasteiger partial charge in [-0.3, -0.25) is 9.69 Å². The van der Waals surface area contributed by atoms with E-state index in [1.807, 2.05) is 31.3 Å². The molecular weight excluding hydrogens is 354 g/mol. The third-order valence-electron chi connectivity index (χ3n) is 4.69. The number of benzene rings is 1. The first-order valence-electron chi connectivity index (χ1n) is 8.57. The molecule has 0 fully saturated rings. The minimum Gasteiger partial charge on any atom is -0.309 e. The van der Waals surface area contributed by atoms with Gasteiger partial charge in [0, 0.05) is 16.4 Å². The highest BCUT2D eigenvalue weighted by molar-refractivity contribution is 7.18. The molecule has 0 aliphatic heterocycles. The molecule has 1 N–H and O–H groups in total. The molecule has 0 amide bonds. The number of halogens is 1. The molecule has 3 aromatic rings. The molecule has 1 aliphatic carbocycles. The first-order chi connectivity index (χ1) is 12.1. The van der Waals surface area contributed by atoms with Crippen LogP contribution in [-0.4, -0.2) is 21.9 Å². The Morgan fingerprint density at radius 3 is 2.88 bits per heavy atom. The van der Waals surface area contributed by atoms with Crippen molar-refractivity contribution in [3.63, 3.8) is 0 Å². The molecule has 1 aliphatic rings. The van der Waals surface area contributed by atoms with Crippen molar-refractivity contribution in [2.45, 2.75) is 38.8 Å². The van der Waals surface area contributed by atoms with Crippen molar-refractivity contribution >= 4 is 33.2 Å². The van der Waals surface area contributed by atoms with Crippen LogP contribution in [0, 0.1) is 0 Å². The minimum atomic E-state index is 0.00513. The maximum atomic E-state index is 12.6. The molecule has 2 heterocycles. The van der Waals surface area contributed by atoms with Crippen molar-refractivity contribution < 1.29 is 0 Å². The summed E-state index contributed by atoms with van der Waals surface area (Å²) in [6, 6.07) is 7.83. The van der Waals surface area contributed by atoms with E-state index in [2.05, 4.69) is 9.88 Å². The number of hydrogen-bond donors (Lipinski definition) is 1. The number of nitrogens with one attached hydrogen (secondary N) is 1. The van der Waals surface area contributed by atoms with Gasteiger partial charge in [0.25, 0.3) is 5.56 Å². The third-order valence-corrected chi connectivity index (χ3v) is 6.25. The second-order valence-electron chi connectivity index (χ2n) is 6.67. The summed E-state index contributed by atoms with van der Waals surface area (Å²) in [4.78, 5) is 24.7. The van der Waals surface area contributed by atoms with Crippen LogP contribution in [0.2, 0.25) is 5.02 Å². The number of hydrogen-bond acceptors (Lipinski definition) is 4. The van der Waals surface area contributed by atoms with Gasteiger partial charge >= 0.3 is 0 Å². The Morgan fingerprint density at radius 2 is 2.04 bits per heavy atom. The molecule has 0 saturated carbocycles. The van der Waals surface area contributed by atoms with Crippen LogP contribution in [0.15, 0.2) is 29.1 Å². The van der Waals surface area contributed by atoms with Crippen molar-refractivity contribution in [3.05, 3.63) is 61.5 Å². The van der Waals surface area contributed by atoms with Crippen molar-refractivity contribution in [2.75, 3.05) is 7.05 Å². The highest BCUT2D eigenvalue weighted by atomic mass is 35.5. The molecule has 1 aromatic carbocycles. The molecule has 4 rings (SSSR count). The fraction of sp³-hybridized carbons (Fsp3) is 0.368. The Morgan fingerprint density at radius 1 is 1.24 bits per heavy atom. The first kappa shape index (κ1) is 16.8. The quantitative estimate of drug-likeness (QED) is 0.747. The Bertz CT molecular complexity index is 978. The van der Waals surface area contributed by atoms with E-state index in [1.54, 1.807) is 11.3 Å². The van der Waals surface area contributed by atoms with Gasteiger partial charge in [0.05, 0.1) is 11.9 Å². The molecule has 2 aromatic heterocycles. The Hall–Kier alpha value is -1.69. The summed E-state index contributed by atoms with van der Waals surface area (Å²) in [5.74, 6) is 0.714. The number of nitrogens with zero attached hydrogens (tertiary/aromatic N) is 2. The van der Waals surface area contributed by atoms with Crippen molar-refractivity contribution in [1.29, 1.82) is 0 Å². The predicted molar refractivity (Wildman–Crippen MR) is 104 cm³/mol. The molecule has 0 atom stereocenters. The maximum Gasteiger partial charge on any atom is 0.259 e. The molecule has 0 radical (unpaired) electrons. The average Bonchev–Trinajstić information content (AvgIpc) is 2.95. The predicted octanol–water partition coefficient (Wildman–Crippen LogP) is 4.15. The molecule has 0 saturated heterocycles. The first-order valence-corrected chi connectivity index (χ1v) is 9.76. The highest BCUT2D eigenvalue weighted by Gasteiger charge is 2.20. The number of aryl methyl sites for hydroxylation is 2. The van der Waals surface area contributed by atoms with Crippen molar-refractivity contribution in [1.82, 2.24) is 14.9 Å². The van der Waals surface area contributed by atoms with E-state index < -0.39 is 0 Å². The minimum absolute atomic E-state index is 0.00513. The number of H-pyrrole nitrogens is 1. The molecule has 6 heteroatoms. The summed E-state index contributed by atoms with van der Waals surface area (Å²) < 4.78 is 0. The lowest BCUT2D eigenvalue weighted by Crippen LogP contribution is -2.22. The normalized spacial score (nSPS) is 14.2. The monoisotopic (exact) mass is 373 g/mol. The summed E-state index contributed by atoms with van der Waals surface area (Å²) >= 11 is 7.93. The molecule has 130 valence electrons. The van der Waals surface area contributed by atoms with Crippen LogP contribution in [0.3, 0.4) is 0 Å². The molecule has 0 spiro atoms. The lowest BCUT2D eigenvalue weighted by atomic mass is 9.97. The van der Waals surface area contributed by atoms with E-state index in [0.29, 0.717) is 18.9 Å². The zero-order valence-corrected chi connectivity index (χ0v) is 15.7. The van der Waals surface area contributed by atoms with Crippen LogP contribution in [-0.2, 0) is 25.9 Å². The standard InChI is InChI=1S/C19H20ClN3OS/c1-23(10-12-6-2-4-8-14(12)20)11-16-21-18(24)17-13-7-3-5-9-15(13)25-19(17)22-16/h2,4,6,8H,3,5,7,9-11H2,1H3,(H,21,22,24). The van der Waals surface area contributed by atoms with E-state index in [9.17, 15) is 4.79 Å². The SMILES string of the molecule is CN(Cc1nc2sc3c(c2c(=O)[nH]1)CCCC3)Cc1ccccc1Cl. The van der Waals surface area contributed by atoms with Gasteiger partial charge in [-0.15, -0.1) is 11.3 Å². The summed E-state index contributed by atoms with van der Waals surface area (Å²) in [6.45, 7) is 1.29. The topological polar surface area (TPSA) is 49.0 Å². The van der Waals surface area contributed by atoms with Gasteiger partial charge in [-0.2, -0.15) is 0 Å². The van der Waals surface area contributed by atoms with Crippen LogP contribution in [0.5, 0.6) is 0 Å². The lowest BCUT2D eigenvalue weighted by Gasteiger charge is -2.16. The number of fused-ring (bicyclic) bond motifs is 3. The van der Waals surface area contributed by atoms with E-state index in [-0.39, 0.29) is 5.56 Å². The van der Waals surface area contributed by atoms with Gasteiger partial charge in [0.15, 0.2) is 0 Å². The smallest absolute Gasteiger partial charge is 0.259 e. The highest BCUT2D eigenvalue weighted by Crippen LogP contribution is 2.33. The second kappa shape index (κ2) is 6.90. The van der Waals surface area contributed by atoms with Crippen LogP contribution >= 0.6 is 22.9 Å². The van der Waals surface area contributed by atoms with Crippen LogP contribution in [0.4, 0.5) is 0 Å². The van der Waals surface area contributed by atoms with Gasteiger partial charge in [-0.1, -0.05) is 29.8 Å². The molecule has 4 nitrogen and oxygen atoms in total. The van der Waals surface area contributed by atoms with Crippen LogP contribution in [0.1, 0.15) is 34.7 Å². The molecular formula is C19H20ClN3OS. The van der Waals surface area contributed by atoms with E-state index in [4.69, 9.17) is 16.6 Å². The largest absolute Gasteiger partial charge is 0.309 e. The number of aromatic amines is 1. The number of aromatic nitrogens is 2. The van der Waals surface area contributed by atoms with Crippen LogP contribution < -0.4 is 5.56 Å². The van der Waals surface area contributed by atoms with E-state index >= 15 is 0 Å². The Balaban J connectivity index is 1.59. The maximum absolute atomic E-state index is 12.6. The summed E-state index contributed by atoms with van der Waals surface area (Å²) in [7, 11) is 2.01. The lowest BCUT2D eigenvalue weighted by molar-refractivity contribution is 0.311. The fourth-order valence-electron chi connectivity index (χ4n) is 3.51. The summed E-state index contributed by atoms with van der Waals surface area (Å²) in [6.07, 6.45) is 4.47. The van der Waals surface area contributed by atoms with Crippen molar-refractivity contribution in [3.8, 4) is 0 Å². The molecule has 25 heavy (non-hydrogen) atoms. The molecule has 0 unspecified atom stereocenters. The zero-order valence-electron chi connectivity index (χ0n) is 14.1. The van der Waals surface area contributed by atoms with Gasteiger partial charge in [-0.25, -0.2) is 4.98 Å². The van der Waals surface area contributed by atoms with Crippen molar-refractivity contribution in [2.24, 2.45) is 0 Å². The average molecular weight is 374 g/mol. The number of thiophene rings is 1. The second-order valence-corrected chi connectivity index (χ2v) is 8.16.